The van der Waals surface area contributed by atoms with E-state index in [9.17, 15) is 0 Å². The molecule has 0 nitrogen and oxygen atoms in total. The van der Waals surface area contributed by atoms with E-state index in [1.165, 1.54) is 0 Å². The van der Waals surface area contributed by atoms with Crippen LogP contribution in [0.5, 0.6) is 0 Å². The van der Waals surface area contributed by atoms with Crippen LogP contribution < -0.4 is 0 Å². The molecule has 0 aliphatic rings. The summed E-state index contributed by atoms with van der Waals surface area (Å²) in [7, 11) is 0. The SMILES string of the molecule is CC#CC#CC#CC#CI. The summed E-state index contributed by atoms with van der Waals surface area (Å²) < 4.78 is 2.60. The zero-order valence-electron chi connectivity index (χ0n) is 5.38. The molecule has 0 bridgehead atoms. The lowest BCUT2D eigenvalue weighted by Crippen LogP contribution is -1.51. The smallest absolute Gasteiger partial charge is 0.0192 e. The van der Waals surface area contributed by atoms with Gasteiger partial charge in [-0.2, -0.15) is 0 Å². The van der Waals surface area contributed by atoms with Gasteiger partial charge in [0.1, 0.15) is 0 Å². The summed E-state index contributed by atoms with van der Waals surface area (Å²) in [4.78, 5) is 0. The first-order chi connectivity index (χ1) is 4.91. The average Bonchev–Trinajstić information content (AvgIpc) is 1.97. The zero-order chi connectivity index (χ0) is 7.66. The Labute approximate surface area is 74.9 Å². The third kappa shape index (κ3) is 6.97. The Bertz CT molecular complexity index is 284. The van der Waals surface area contributed by atoms with E-state index in [1.54, 1.807) is 6.92 Å². The second kappa shape index (κ2) is 7.97. The average molecular weight is 238 g/mol. The van der Waals surface area contributed by atoms with Crippen LogP contribution in [0.2, 0.25) is 0 Å². The Morgan fingerprint density at radius 2 is 1.30 bits per heavy atom. The molecule has 0 aliphatic heterocycles. The maximum absolute atomic E-state index is 2.63. The molecule has 0 radical (unpaired) electrons. The molecule has 0 aromatic carbocycles. The first-order valence-electron chi connectivity index (χ1n) is 2.44. The van der Waals surface area contributed by atoms with E-state index in [0.29, 0.717) is 0 Å². The predicted octanol–water partition coefficient (Wildman–Crippen LogP) is 1.41. The largest absolute Gasteiger partial charge is 0.0925 e. The molecule has 0 spiro atoms. The molecule has 0 saturated heterocycles. The lowest BCUT2D eigenvalue weighted by Gasteiger charge is -1.53. The second-order valence-corrected chi connectivity index (χ2v) is 1.63. The molecule has 0 aromatic heterocycles. The summed E-state index contributed by atoms with van der Waals surface area (Å²) in [6.45, 7) is 1.73. The van der Waals surface area contributed by atoms with Crippen molar-refractivity contribution in [1.82, 2.24) is 0 Å². The van der Waals surface area contributed by atoms with E-state index in [2.05, 4.69) is 45.4 Å². The van der Waals surface area contributed by atoms with Gasteiger partial charge >= 0.3 is 0 Å². The summed E-state index contributed by atoms with van der Waals surface area (Å²) in [5, 5.41) is 0. The Balaban J connectivity index is 3.94. The van der Waals surface area contributed by atoms with Gasteiger partial charge in [-0.15, -0.1) is 0 Å². The van der Waals surface area contributed by atoms with Crippen LogP contribution in [-0.4, -0.2) is 0 Å². The van der Waals surface area contributed by atoms with Gasteiger partial charge in [0.05, 0.1) is 0 Å². The van der Waals surface area contributed by atoms with Crippen molar-refractivity contribution in [3.05, 3.63) is 0 Å². The van der Waals surface area contributed by atoms with Crippen molar-refractivity contribution >= 4 is 22.6 Å². The van der Waals surface area contributed by atoms with E-state index >= 15 is 0 Å². The van der Waals surface area contributed by atoms with E-state index < -0.39 is 0 Å². The van der Waals surface area contributed by atoms with Crippen molar-refractivity contribution in [2.75, 3.05) is 0 Å². The Kier molecular flexibility index (Phi) is 7.15. The van der Waals surface area contributed by atoms with E-state index in [0.717, 1.165) is 0 Å². The molecular weight excluding hydrogens is 235 g/mol. The molecule has 0 atom stereocenters. The van der Waals surface area contributed by atoms with Crippen molar-refractivity contribution in [3.63, 3.8) is 0 Å². The molecule has 0 fully saturated rings. The van der Waals surface area contributed by atoms with Crippen LogP contribution in [0.25, 0.3) is 0 Å². The number of rotatable bonds is 0. The molecule has 0 aliphatic carbocycles. The van der Waals surface area contributed by atoms with Crippen molar-refractivity contribution < 1.29 is 0 Å². The first kappa shape index (κ1) is 8.97. The van der Waals surface area contributed by atoms with E-state index in [1.807, 2.05) is 22.6 Å². The highest BCUT2D eigenvalue weighted by Crippen LogP contribution is 1.67. The minimum Gasteiger partial charge on any atom is -0.0925 e. The maximum atomic E-state index is 2.63. The third-order valence-electron chi connectivity index (χ3n) is 0.485. The fourth-order valence-corrected chi connectivity index (χ4v) is 0.346. The van der Waals surface area contributed by atoms with Gasteiger partial charge in [0, 0.05) is 22.6 Å². The minimum absolute atomic E-state index is 1.73. The Morgan fingerprint density at radius 1 is 0.800 bits per heavy atom. The lowest BCUT2D eigenvalue weighted by atomic mass is 10.5. The van der Waals surface area contributed by atoms with Crippen LogP contribution in [-0.2, 0) is 0 Å². The van der Waals surface area contributed by atoms with Gasteiger partial charge < -0.3 is 0 Å². The third-order valence-corrected chi connectivity index (χ3v) is 0.754. The topological polar surface area (TPSA) is 0 Å². The van der Waals surface area contributed by atoms with Gasteiger partial charge in [-0.3, -0.25) is 0 Å². The molecule has 0 aromatic rings. The first-order valence-corrected chi connectivity index (χ1v) is 3.52. The van der Waals surface area contributed by atoms with Gasteiger partial charge in [-0.1, -0.05) is 5.92 Å². The molecule has 0 saturated carbocycles. The van der Waals surface area contributed by atoms with Gasteiger partial charge in [0.25, 0.3) is 0 Å². The van der Waals surface area contributed by atoms with Crippen molar-refractivity contribution in [1.29, 1.82) is 0 Å². The summed E-state index contributed by atoms with van der Waals surface area (Å²) >= 11 is 1.92. The quantitative estimate of drug-likeness (QED) is 0.442. The van der Waals surface area contributed by atoms with Crippen LogP contribution >= 0.6 is 22.6 Å². The molecule has 0 heterocycles. The fourth-order valence-electron chi connectivity index (χ4n) is 0.211. The maximum Gasteiger partial charge on any atom is 0.0192 e. The monoisotopic (exact) mass is 238 g/mol. The Hall–Kier alpha value is -1.03. The molecule has 0 N–H and O–H groups in total. The van der Waals surface area contributed by atoms with Crippen LogP contribution in [0.1, 0.15) is 6.92 Å². The standard InChI is InChI=1S/C9H3I/c1-2-3-4-5-6-7-8-9-10/h1H3. The van der Waals surface area contributed by atoms with E-state index in [4.69, 9.17) is 0 Å². The number of hydrogen-bond acceptors (Lipinski definition) is 0. The Morgan fingerprint density at radius 3 is 1.80 bits per heavy atom. The molecule has 0 rings (SSSR count). The summed E-state index contributed by atoms with van der Waals surface area (Å²) in [6.07, 6.45) is 0. The van der Waals surface area contributed by atoms with Crippen LogP contribution in [0.4, 0.5) is 0 Å². The second-order valence-electron chi connectivity index (χ2n) is 1.09. The summed E-state index contributed by atoms with van der Waals surface area (Å²) in [5.41, 5.74) is 0. The van der Waals surface area contributed by atoms with Crippen molar-refractivity contribution in [3.8, 4) is 45.4 Å². The van der Waals surface area contributed by atoms with E-state index in [-0.39, 0.29) is 0 Å². The highest BCUT2D eigenvalue weighted by atomic mass is 127. The molecule has 1 heteroatoms. The lowest BCUT2D eigenvalue weighted by molar-refractivity contribution is 1.92. The molecule has 0 unspecified atom stereocenters. The molecular formula is C9H3I. The summed E-state index contributed by atoms with van der Waals surface area (Å²) in [6, 6.07) is 0. The fraction of sp³-hybridized carbons (Fsp3) is 0.111. The minimum atomic E-state index is 1.73. The number of halogens is 1. The predicted molar refractivity (Wildman–Crippen MR) is 50.8 cm³/mol. The molecule has 10 heavy (non-hydrogen) atoms. The summed E-state index contributed by atoms with van der Waals surface area (Å²) in [5.74, 6) is 17.9. The van der Waals surface area contributed by atoms with Crippen LogP contribution in [0, 0.1) is 45.4 Å². The highest BCUT2D eigenvalue weighted by Gasteiger charge is 1.52. The van der Waals surface area contributed by atoms with Gasteiger partial charge in [-0.05, 0) is 46.4 Å². The van der Waals surface area contributed by atoms with Gasteiger partial charge in [0.2, 0.25) is 0 Å². The van der Waals surface area contributed by atoms with Crippen LogP contribution in [0.15, 0.2) is 0 Å². The highest BCUT2D eigenvalue weighted by molar-refractivity contribution is 14.1. The number of hydrogen-bond donors (Lipinski definition) is 0. The molecule has 0 amide bonds. The zero-order valence-corrected chi connectivity index (χ0v) is 7.54. The normalized spacial score (nSPS) is 3.80. The molecule has 46 valence electrons. The van der Waals surface area contributed by atoms with Crippen molar-refractivity contribution in [2.24, 2.45) is 0 Å². The van der Waals surface area contributed by atoms with Crippen LogP contribution in [0.3, 0.4) is 0 Å². The van der Waals surface area contributed by atoms with Crippen molar-refractivity contribution in [2.45, 2.75) is 6.92 Å². The van der Waals surface area contributed by atoms with Gasteiger partial charge in [0.15, 0.2) is 0 Å². The van der Waals surface area contributed by atoms with Gasteiger partial charge in [-0.25, -0.2) is 0 Å².